The van der Waals surface area contributed by atoms with Crippen molar-refractivity contribution in [2.45, 2.75) is 43.0 Å². The molecule has 7 N–H and O–H groups in total. The smallest absolute Gasteiger partial charge is 0.229 e. The van der Waals surface area contributed by atoms with E-state index in [1.165, 1.54) is 28.4 Å². The molecule has 13 heteroatoms. The summed E-state index contributed by atoms with van der Waals surface area (Å²) in [5, 5.41) is 72.1. The maximum Gasteiger partial charge on any atom is 0.229 e. The van der Waals surface area contributed by atoms with Crippen molar-refractivity contribution < 1.29 is 64.2 Å². The topological polar surface area (TPSA) is 197 Å². The Bertz CT molecular complexity index is 1180. The molecular weight excluding hydrogens is 544 g/mol. The molecule has 2 aromatic rings. The van der Waals surface area contributed by atoms with Gasteiger partial charge in [-0.15, -0.1) is 0 Å². The van der Waals surface area contributed by atoms with Crippen molar-refractivity contribution in [3.8, 4) is 34.5 Å². The molecule has 0 aromatic heterocycles. The molecule has 0 bridgehead atoms. The average Bonchev–Trinajstić information content (AvgIpc) is 2.99. The van der Waals surface area contributed by atoms with Gasteiger partial charge in [-0.1, -0.05) is 0 Å². The highest BCUT2D eigenvalue weighted by Gasteiger charge is 2.46. The summed E-state index contributed by atoms with van der Waals surface area (Å²) < 4.78 is 33.8. The lowest BCUT2D eigenvalue weighted by molar-refractivity contribution is -0.277. The molecule has 0 saturated carbocycles. The summed E-state index contributed by atoms with van der Waals surface area (Å²) in [6.45, 7) is -1.17. The van der Waals surface area contributed by atoms with Crippen LogP contribution in [0, 0.1) is 11.8 Å². The number of hydrogen-bond donors (Lipinski definition) is 7. The highest BCUT2D eigenvalue weighted by atomic mass is 16.7. The number of benzene rings is 2. The van der Waals surface area contributed by atoms with Crippen molar-refractivity contribution in [1.82, 2.24) is 0 Å². The van der Waals surface area contributed by atoms with Crippen molar-refractivity contribution in [3.63, 3.8) is 0 Å². The second-order valence-corrected chi connectivity index (χ2v) is 10.1. The van der Waals surface area contributed by atoms with Crippen LogP contribution in [0.2, 0.25) is 0 Å². The molecule has 0 unspecified atom stereocenters. The third kappa shape index (κ3) is 5.46. The zero-order valence-electron chi connectivity index (χ0n) is 23.3. The fourth-order valence-corrected chi connectivity index (χ4v) is 5.82. The molecule has 1 fully saturated rings. The van der Waals surface area contributed by atoms with Crippen molar-refractivity contribution in [3.05, 3.63) is 34.9 Å². The Morgan fingerprint density at radius 3 is 1.90 bits per heavy atom. The summed E-state index contributed by atoms with van der Waals surface area (Å²) in [7, 11) is 5.59. The molecule has 1 heterocycles. The van der Waals surface area contributed by atoms with Gasteiger partial charge in [0.05, 0.1) is 35.0 Å². The Hall–Kier alpha value is -3.04. The van der Waals surface area contributed by atoms with E-state index in [2.05, 4.69) is 0 Å². The van der Waals surface area contributed by atoms with Crippen LogP contribution in [-0.2, 0) is 11.2 Å². The van der Waals surface area contributed by atoms with Crippen LogP contribution in [0.15, 0.2) is 18.2 Å². The molecule has 228 valence electrons. The molecule has 4 rings (SSSR count). The van der Waals surface area contributed by atoms with Crippen LogP contribution < -0.4 is 23.7 Å². The number of ether oxygens (including phenoxy) is 6. The van der Waals surface area contributed by atoms with Crippen molar-refractivity contribution in [2.75, 3.05) is 48.3 Å². The first-order valence-electron chi connectivity index (χ1n) is 13.1. The number of fused-ring (bicyclic) bond motifs is 1. The number of aromatic hydroxyl groups is 1. The Morgan fingerprint density at radius 2 is 1.39 bits per heavy atom. The molecule has 8 atom stereocenters. The third-order valence-electron chi connectivity index (χ3n) is 7.97. The molecule has 2 aliphatic rings. The summed E-state index contributed by atoms with van der Waals surface area (Å²) >= 11 is 0. The minimum Gasteiger partial charge on any atom is -0.502 e. The van der Waals surface area contributed by atoms with Crippen LogP contribution in [-0.4, -0.2) is 115 Å². The van der Waals surface area contributed by atoms with Crippen LogP contribution in [0.25, 0.3) is 0 Å². The van der Waals surface area contributed by atoms with E-state index in [0.717, 1.165) is 5.56 Å². The van der Waals surface area contributed by atoms with E-state index in [0.29, 0.717) is 17.5 Å². The summed E-state index contributed by atoms with van der Waals surface area (Å²) in [6.07, 6.45) is -7.32. The first-order chi connectivity index (χ1) is 19.7. The number of hydrogen-bond acceptors (Lipinski definition) is 13. The van der Waals surface area contributed by atoms with Gasteiger partial charge in [0.25, 0.3) is 0 Å². The predicted octanol–water partition coefficient (Wildman–Crippen LogP) is -0.490. The Balaban J connectivity index is 1.93. The molecule has 1 aliphatic heterocycles. The zero-order valence-corrected chi connectivity index (χ0v) is 23.3. The lowest BCUT2D eigenvalue weighted by Gasteiger charge is -2.41. The van der Waals surface area contributed by atoms with Crippen molar-refractivity contribution in [2.24, 2.45) is 11.8 Å². The van der Waals surface area contributed by atoms with Crippen LogP contribution in [0.4, 0.5) is 0 Å². The number of phenolic OH excluding ortho intramolecular Hbond substituents is 1. The van der Waals surface area contributed by atoms with Crippen LogP contribution >= 0.6 is 0 Å². The van der Waals surface area contributed by atoms with E-state index < -0.39 is 49.1 Å². The fourth-order valence-electron chi connectivity index (χ4n) is 5.82. The predicted molar refractivity (Wildman–Crippen MR) is 142 cm³/mol. The highest BCUT2D eigenvalue weighted by Crippen LogP contribution is 2.55. The van der Waals surface area contributed by atoms with Gasteiger partial charge in [-0.3, -0.25) is 0 Å². The monoisotopic (exact) mass is 582 g/mol. The Kier molecular flexibility index (Phi) is 9.70. The largest absolute Gasteiger partial charge is 0.502 e. The van der Waals surface area contributed by atoms with Crippen LogP contribution in [0.1, 0.15) is 22.6 Å². The average molecular weight is 583 g/mol. The van der Waals surface area contributed by atoms with Gasteiger partial charge in [0, 0.05) is 24.7 Å². The summed E-state index contributed by atoms with van der Waals surface area (Å²) in [5.41, 5.74) is 1.88. The fraction of sp³-hybridized carbons (Fsp3) is 0.571. The Labute approximate surface area is 237 Å². The summed E-state index contributed by atoms with van der Waals surface area (Å²) in [5.74, 6) is -1.10. The van der Waals surface area contributed by atoms with E-state index in [4.69, 9.17) is 28.4 Å². The third-order valence-corrected chi connectivity index (χ3v) is 7.97. The summed E-state index contributed by atoms with van der Waals surface area (Å²) in [4.78, 5) is 0. The Morgan fingerprint density at radius 1 is 0.756 bits per heavy atom. The normalized spacial score (nSPS) is 29.4. The van der Waals surface area contributed by atoms with E-state index in [1.54, 1.807) is 18.2 Å². The second-order valence-electron chi connectivity index (χ2n) is 10.1. The molecule has 2 aromatic carbocycles. The quantitative estimate of drug-likeness (QED) is 0.190. The number of aliphatic hydroxyl groups excluding tert-OH is 6. The number of phenols is 1. The van der Waals surface area contributed by atoms with E-state index in [1.807, 2.05) is 0 Å². The van der Waals surface area contributed by atoms with Crippen LogP contribution in [0.3, 0.4) is 0 Å². The van der Waals surface area contributed by atoms with Crippen molar-refractivity contribution >= 4 is 0 Å². The van der Waals surface area contributed by atoms with Gasteiger partial charge in [-0.2, -0.15) is 0 Å². The van der Waals surface area contributed by atoms with E-state index in [-0.39, 0.29) is 53.6 Å². The van der Waals surface area contributed by atoms with Gasteiger partial charge < -0.3 is 64.2 Å². The molecule has 0 radical (unpaired) electrons. The second kappa shape index (κ2) is 12.9. The number of methoxy groups -OCH3 is 4. The first kappa shape index (κ1) is 30.9. The van der Waals surface area contributed by atoms with Gasteiger partial charge in [-0.25, -0.2) is 0 Å². The minimum absolute atomic E-state index is 0.0000683. The summed E-state index contributed by atoms with van der Waals surface area (Å²) in [6, 6.07) is 4.91. The molecule has 0 spiro atoms. The zero-order chi connectivity index (χ0) is 30.0. The van der Waals surface area contributed by atoms with E-state index in [9.17, 15) is 35.7 Å². The molecular formula is C28H38O13. The maximum atomic E-state index is 10.6. The molecule has 1 saturated heterocycles. The highest BCUT2D eigenvalue weighted by molar-refractivity contribution is 5.64. The van der Waals surface area contributed by atoms with Crippen molar-refractivity contribution in [1.29, 1.82) is 0 Å². The van der Waals surface area contributed by atoms with Gasteiger partial charge >= 0.3 is 0 Å². The molecule has 13 nitrogen and oxygen atoms in total. The number of aliphatic hydroxyl groups is 6. The van der Waals surface area contributed by atoms with Gasteiger partial charge in [0.2, 0.25) is 17.8 Å². The minimum atomic E-state index is -1.69. The maximum absolute atomic E-state index is 10.6. The van der Waals surface area contributed by atoms with E-state index >= 15 is 0 Å². The first-order valence-corrected chi connectivity index (χ1v) is 13.1. The van der Waals surface area contributed by atoms with Crippen LogP contribution in [0.5, 0.6) is 34.5 Å². The molecule has 1 aliphatic carbocycles. The lowest BCUT2D eigenvalue weighted by Crippen LogP contribution is -2.60. The van der Waals surface area contributed by atoms with Gasteiger partial charge in [0.1, 0.15) is 24.4 Å². The lowest BCUT2D eigenvalue weighted by atomic mass is 9.66. The van der Waals surface area contributed by atoms with Gasteiger partial charge in [-0.05, 0) is 47.6 Å². The standard InChI is InChI=1S/C28H38O13/c1-36-16-6-13(7-17(37-2)22(16)32)20-15(10-30)14(9-29)5-12-8-18(38-3)26(27(39-4)21(12)20)41-28-25(35)24(34)23(33)19(11-31)40-28/h6-8,14-15,19-20,23-25,28-35H,5,9-11H2,1-4H3/t14-,15+,19+,20-,23-,24-,25-,28-/m1/s1. The van der Waals surface area contributed by atoms with Gasteiger partial charge in [0.15, 0.2) is 23.0 Å². The number of rotatable bonds is 10. The molecule has 41 heavy (non-hydrogen) atoms. The SMILES string of the molecule is COc1cc([C@H]2c3c(cc(OC)c(O[C@H]4O[C@@H](CO)[C@@H](O)[C@@H](O)[C@H]4O)c3OC)C[C@H](CO)[C@@H]2CO)cc(OC)c1O. The molecule has 0 amide bonds.